The third-order valence-corrected chi connectivity index (χ3v) is 7.94. The first-order valence-electron chi connectivity index (χ1n) is 10.7. The molecule has 0 saturated carbocycles. The Labute approximate surface area is 199 Å². The molecule has 1 aliphatic rings. The smallest absolute Gasteiger partial charge is 0.264 e. The number of amides is 1. The fraction of sp³-hybridized carbons (Fsp3) is 0.208. The van der Waals surface area contributed by atoms with Crippen molar-refractivity contribution in [2.75, 3.05) is 27.1 Å². The Morgan fingerprint density at radius 1 is 0.941 bits per heavy atom. The number of nitrogens with zero attached hydrogens (tertiary/aromatic N) is 1. The van der Waals surface area contributed by atoms with E-state index >= 15 is 0 Å². The van der Waals surface area contributed by atoms with E-state index in [1.807, 2.05) is 18.2 Å². The molecule has 8 nitrogen and oxygen atoms in total. The second-order valence-electron chi connectivity index (χ2n) is 8.20. The molecule has 4 rings (SSSR count). The van der Waals surface area contributed by atoms with Gasteiger partial charge in [-0.1, -0.05) is 30.3 Å². The van der Waals surface area contributed by atoms with Gasteiger partial charge >= 0.3 is 0 Å². The number of hydrogen-bond donors (Lipinski definition) is 2. The molecule has 1 amide bonds. The molecule has 34 heavy (non-hydrogen) atoms. The predicted molar refractivity (Wildman–Crippen MR) is 133 cm³/mol. The third-order valence-electron chi connectivity index (χ3n) is 5.54. The molecule has 178 valence electrons. The average molecular weight is 500 g/mol. The van der Waals surface area contributed by atoms with Crippen LogP contribution in [0.4, 0.5) is 17.1 Å². The SMILES string of the molecule is Cc1ccc(NC(=O)c2cccc(S(=O)(=O)N3CCCc4ccccc43)c2)cc1NS(C)(=O)=O. The average Bonchev–Trinajstić information content (AvgIpc) is 2.80. The largest absolute Gasteiger partial charge is 0.322 e. The number of fused-ring (bicyclic) bond motifs is 1. The molecule has 1 heterocycles. The van der Waals surface area contributed by atoms with Crippen LogP contribution < -0.4 is 14.3 Å². The molecule has 0 spiro atoms. The Hall–Kier alpha value is -3.37. The maximum atomic E-state index is 13.4. The van der Waals surface area contributed by atoms with E-state index in [-0.39, 0.29) is 10.5 Å². The lowest BCUT2D eigenvalue weighted by molar-refractivity contribution is 0.102. The first-order chi connectivity index (χ1) is 16.0. The Morgan fingerprint density at radius 2 is 1.71 bits per heavy atom. The minimum absolute atomic E-state index is 0.0280. The molecule has 0 atom stereocenters. The lowest BCUT2D eigenvalue weighted by Crippen LogP contribution is -2.35. The second-order valence-corrected chi connectivity index (χ2v) is 11.8. The number of sulfonamides is 2. The van der Waals surface area contributed by atoms with Gasteiger partial charge in [0.05, 0.1) is 22.5 Å². The van der Waals surface area contributed by atoms with E-state index in [1.54, 1.807) is 25.1 Å². The van der Waals surface area contributed by atoms with Crippen LogP contribution in [-0.2, 0) is 26.5 Å². The topological polar surface area (TPSA) is 113 Å². The van der Waals surface area contributed by atoms with Crippen molar-refractivity contribution >= 4 is 43.0 Å². The van der Waals surface area contributed by atoms with E-state index in [0.29, 0.717) is 35.6 Å². The molecule has 0 fully saturated rings. The number of benzene rings is 3. The summed E-state index contributed by atoms with van der Waals surface area (Å²) in [5.74, 6) is -0.509. The zero-order valence-electron chi connectivity index (χ0n) is 18.8. The van der Waals surface area contributed by atoms with Crippen LogP contribution in [0.15, 0.2) is 71.6 Å². The van der Waals surface area contributed by atoms with Crippen LogP contribution in [0.1, 0.15) is 27.9 Å². The lowest BCUT2D eigenvalue weighted by Gasteiger charge is -2.30. The normalized spacial score (nSPS) is 13.8. The Balaban J connectivity index is 1.60. The van der Waals surface area contributed by atoms with Crippen LogP contribution in [-0.4, -0.2) is 35.5 Å². The van der Waals surface area contributed by atoms with Crippen LogP contribution in [0, 0.1) is 6.92 Å². The van der Waals surface area contributed by atoms with Crippen LogP contribution in [0.2, 0.25) is 0 Å². The third kappa shape index (κ3) is 5.07. The Kier molecular flexibility index (Phi) is 6.37. The quantitative estimate of drug-likeness (QED) is 0.536. The number of carbonyl (C=O) groups excluding carboxylic acids is 1. The first kappa shape index (κ1) is 23.8. The standard InChI is InChI=1S/C24H25N3O5S2/c1-17-12-13-20(16-22(17)26-33(2,29)30)25-24(28)19-8-5-10-21(15-19)34(31,32)27-14-6-9-18-7-3-4-11-23(18)27/h3-5,7-8,10-13,15-16,26H,6,9,14H2,1-2H3,(H,25,28). The summed E-state index contributed by atoms with van der Waals surface area (Å²) in [5.41, 5.74) is 3.22. The zero-order valence-corrected chi connectivity index (χ0v) is 20.4. The maximum Gasteiger partial charge on any atom is 0.264 e. The monoisotopic (exact) mass is 499 g/mol. The van der Waals surface area contributed by atoms with Crippen LogP contribution >= 0.6 is 0 Å². The minimum Gasteiger partial charge on any atom is -0.322 e. The van der Waals surface area contributed by atoms with Gasteiger partial charge in [0.1, 0.15) is 0 Å². The van der Waals surface area contributed by atoms with Gasteiger partial charge in [0, 0.05) is 17.8 Å². The number of anilines is 3. The molecular formula is C24H25N3O5S2. The fourth-order valence-electron chi connectivity index (χ4n) is 3.89. The van der Waals surface area contributed by atoms with Crippen molar-refractivity contribution in [1.29, 1.82) is 0 Å². The Morgan fingerprint density at radius 3 is 2.47 bits per heavy atom. The number of nitrogens with one attached hydrogen (secondary N) is 2. The van der Waals surface area contributed by atoms with E-state index in [4.69, 9.17) is 0 Å². The molecule has 0 aliphatic carbocycles. The summed E-state index contributed by atoms with van der Waals surface area (Å²) in [7, 11) is -7.35. The van der Waals surface area contributed by atoms with Gasteiger partial charge in [-0.2, -0.15) is 0 Å². The highest BCUT2D eigenvalue weighted by Crippen LogP contribution is 2.32. The molecule has 3 aromatic rings. The molecule has 0 aromatic heterocycles. The number of rotatable bonds is 6. The molecule has 0 unspecified atom stereocenters. The van der Waals surface area contributed by atoms with E-state index in [9.17, 15) is 21.6 Å². The summed E-state index contributed by atoms with van der Waals surface area (Å²) in [5, 5.41) is 2.70. The predicted octanol–water partition coefficient (Wildman–Crippen LogP) is 3.76. The van der Waals surface area contributed by atoms with Gasteiger partial charge in [-0.25, -0.2) is 16.8 Å². The fourth-order valence-corrected chi connectivity index (χ4v) is 6.09. The molecule has 2 N–H and O–H groups in total. The van der Waals surface area contributed by atoms with Gasteiger partial charge in [0.15, 0.2) is 0 Å². The number of para-hydroxylation sites is 1. The zero-order chi connectivity index (χ0) is 24.5. The van der Waals surface area contributed by atoms with Crippen molar-refractivity contribution in [3.05, 3.63) is 83.4 Å². The summed E-state index contributed by atoms with van der Waals surface area (Å²) < 4.78 is 53.8. The van der Waals surface area contributed by atoms with Gasteiger partial charge in [0.2, 0.25) is 10.0 Å². The second kappa shape index (κ2) is 9.11. The van der Waals surface area contributed by atoms with Gasteiger partial charge < -0.3 is 5.32 Å². The Bertz CT molecular complexity index is 1470. The van der Waals surface area contributed by atoms with Crippen LogP contribution in [0.3, 0.4) is 0 Å². The van der Waals surface area contributed by atoms with Crippen LogP contribution in [0.5, 0.6) is 0 Å². The highest BCUT2D eigenvalue weighted by molar-refractivity contribution is 7.93. The highest BCUT2D eigenvalue weighted by Gasteiger charge is 2.29. The molecular weight excluding hydrogens is 474 g/mol. The van der Waals surface area contributed by atoms with Crippen LogP contribution in [0.25, 0.3) is 0 Å². The molecule has 0 bridgehead atoms. The first-order valence-corrected chi connectivity index (χ1v) is 14.0. The summed E-state index contributed by atoms with van der Waals surface area (Å²) in [4.78, 5) is 12.9. The molecule has 0 saturated heterocycles. The van der Waals surface area contributed by atoms with Crippen molar-refractivity contribution in [3.63, 3.8) is 0 Å². The van der Waals surface area contributed by atoms with Crippen molar-refractivity contribution in [2.24, 2.45) is 0 Å². The number of hydrogen-bond acceptors (Lipinski definition) is 5. The lowest BCUT2D eigenvalue weighted by atomic mass is 10.0. The summed E-state index contributed by atoms with van der Waals surface area (Å²) >= 11 is 0. The van der Waals surface area contributed by atoms with E-state index in [0.717, 1.165) is 18.2 Å². The summed E-state index contributed by atoms with van der Waals surface area (Å²) in [6, 6.07) is 18.1. The highest BCUT2D eigenvalue weighted by atomic mass is 32.2. The van der Waals surface area contributed by atoms with Gasteiger partial charge in [0.25, 0.3) is 15.9 Å². The van der Waals surface area contributed by atoms with Gasteiger partial charge in [-0.15, -0.1) is 0 Å². The van der Waals surface area contributed by atoms with Gasteiger partial charge in [-0.3, -0.25) is 13.8 Å². The van der Waals surface area contributed by atoms with Crippen molar-refractivity contribution in [1.82, 2.24) is 0 Å². The van der Waals surface area contributed by atoms with E-state index in [1.165, 1.54) is 34.6 Å². The van der Waals surface area contributed by atoms with Crippen molar-refractivity contribution < 1.29 is 21.6 Å². The van der Waals surface area contributed by atoms with E-state index < -0.39 is 26.0 Å². The molecule has 10 heteroatoms. The summed E-state index contributed by atoms with van der Waals surface area (Å²) in [6.07, 6.45) is 2.58. The number of aryl methyl sites for hydroxylation is 2. The minimum atomic E-state index is -3.86. The molecule has 0 radical (unpaired) electrons. The molecule has 3 aromatic carbocycles. The maximum absolute atomic E-state index is 13.4. The van der Waals surface area contributed by atoms with Crippen molar-refractivity contribution in [3.8, 4) is 0 Å². The molecule has 1 aliphatic heterocycles. The summed E-state index contributed by atoms with van der Waals surface area (Å²) in [6.45, 7) is 2.11. The van der Waals surface area contributed by atoms with Crippen molar-refractivity contribution in [2.45, 2.75) is 24.7 Å². The van der Waals surface area contributed by atoms with E-state index in [2.05, 4.69) is 10.0 Å². The van der Waals surface area contributed by atoms with Gasteiger partial charge in [-0.05, 0) is 67.3 Å². The number of carbonyl (C=O) groups is 1.